The maximum Gasteiger partial charge on any atom is 0.262 e. The van der Waals surface area contributed by atoms with Gasteiger partial charge in [-0.25, -0.2) is 13.4 Å². The molecular formula is C11H21ClN4O2S. The maximum absolute atomic E-state index is 12.3. The number of hydrogen-bond donors (Lipinski definition) is 1. The largest absolute Gasteiger partial charge is 0.336 e. The van der Waals surface area contributed by atoms with Crippen molar-refractivity contribution in [2.75, 3.05) is 26.2 Å². The first kappa shape index (κ1) is 16.4. The summed E-state index contributed by atoms with van der Waals surface area (Å²) in [6.07, 6.45) is 3.21. The van der Waals surface area contributed by atoms with Crippen LogP contribution in [0.3, 0.4) is 0 Å². The van der Waals surface area contributed by atoms with E-state index < -0.39 is 10.0 Å². The van der Waals surface area contributed by atoms with Gasteiger partial charge in [-0.15, -0.1) is 12.4 Å². The second-order valence-corrected chi connectivity index (χ2v) is 6.84. The van der Waals surface area contributed by atoms with E-state index in [4.69, 9.17) is 0 Å². The molecule has 0 saturated carbocycles. The lowest BCUT2D eigenvalue weighted by Crippen LogP contribution is -2.46. The van der Waals surface area contributed by atoms with Crippen LogP contribution in [0.5, 0.6) is 0 Å². The molecule has 0 aliphatic carbocycles. The van der Waals surface area contributed by atoms with E-state index in [1.54, 1.807) is 12.5 Å². The highest BCUT2D eigenvalue weighted by Gasteiger charge is 2.27. The molecule has 1 aliphatic heterocycles. The number of imidazole rings is 1. The van der Waals surface area contributed by atoms with Gasteiger partial charge in [0.1, 0.15) is 0 Å². The van der Waals surface area contributed by atoms with Crippen LogP contribution in [0.2, 0.25) is 0 Å². The summed E-state index contributed by atoms with van der Waals surface area (Å²) < 4.78 is 27.9. The highest BCUT2D eigenvalue weighted by atomic mass is 35.5. The molecule has 2 rings (SSSR count). The van der Waals surface area contributed by atoms with Crippen molar-refractivity contribution in [3.8, 4) is 0 Å². The molecule has 0 spiro atoms. The van der Waals surface area contributed by atoms with Crippen LogP contribution < -0.4 is 5.32 Å². The number of aromatic nitrogens is 2. The zero-order valence-electron chi connectivity index (χ0n) is 11.2. The first-order chi connectivity index (χ1) is 8.50. The summed E-state index contributed by atoms with van der Waals surface area (Å²) in [5.41, 5.74) is 0. The number of hydrogen-bond acceptors (Lipinski definition) is 4. The first-order valence-corrected chi connectivity index (χ1v) is 7.67. The van der Waals surface area contributed by atoms with Crippen LogP contribution in [-0.2, 0) is 16.6 Å². The minimum Gasteiger partial charge on any atom is -0.336 e. The molecule has 19 heavy (non-hydrogen) atoms. The molecule has 1 fully saturated rings. The van der Waals surface area contributed by atoms with Gasteiger partial charge in [-0.1, -0.05) is 13.8 Å². The van der Waals surface area contributed by atoms with Crippen molar-refractivity contribution in [3.05, 3.63) is 12.5 Å². The van der Waals surface area contributed by atoms with Gasteiger partial charge < -0.3 is 9.88 Å². The Morgan fingerprint density at radius 2 is 2.00 bits per heavy atom. The normalized spacial score (nSPS) is 17.4. The van der Waals surface area contributed by atoms with Crippen LogP contribution in [0.4, 0.5) is 0 Å². The highest BCUT2D eigenvalue weighted by Crippen LogP contribution is 2.14. The Morgan fingerprint density at radius 3 is 2.58 bits per heavy atom. The van der Waals surface area contributed by atoms with E-state index in [2.05, 4.69) is 24.1 Å². The summed E-state index contributed by atoms with van der Waals surface area (Å²) in [6, 6.07) is 0. The van der Waals surface area contributed by atoms with E-state index in [9.17, 15) is 8.42 Å². The molecule has 0 amide bonds. The Kier molecular flexibility index (Phi) is 5.79. The van der Waals surface area contributed by atoms with Gasteiger partial charge >= 0.3 is 0 Å². The molecule has 1 N–H and O–H groups in total. The van der Waals surface area contributed by atoms with Crippen molar-refractivity contribution >= 4 is 22.4 Å². The van der Waals surface area contributed by atoms with E-state index in [1.807, 2.05) is 4.57 Å². The number of halogens is 1. The van der Waals surface area contributed by atoms with E-state index in [0.29, 0.717) is 32.1 Å². The fraction of sp³-hybridized carbons (Fsp3) is 0.727. The fourth-order valence-corrected chi connectivity index (χ4v) is 3.39. The standard InChI is InChI=1S/C11H20N4O2S.ClH/c1-10(2)7-14-8-11(13-9-14)18(16,17)15-5-3-12-4-6-15;/h8-10,12H,3-7H2,1-2H3;1H. The maximum atomic E-state index is 12.3. The molecule has 1 saturated heterocycles. The van der Waals surface area contributed by atoms with E-state index >= 15 is 0 Å². The summed E-state index contributed by atoms with van der Waals surface area (Å²) >= 11 is 0. The molecule has 1 aromatic heterocycles. The molecule has 0 atom stereocenters. The smallest absolute Gasteiger partial charge is 0.262 e. The Labute approximate surface area is 120 Å². The second kappa shape index (κ2) is 6.69. The van der Waals surface area contributed by atoms with Crippen molar-refractivity contribution in [3.63, 3.8) is 0 Å². The van der Waals surface area contributed by atoms with Crippen LogP contribution in [0.15, 0.2) is 17.6 Å². The first-order valence-electron chi connectivity index (χ1n) is 6.23. The monoisotopic (exact) mass is 308 g/mol. The molecule has 1 aliphatic rings. The molecular weight excluding hydrogens is 288 g/mol. The zero-order valence-corrected chi connectivity index (χ0v) is 12.9. The fourth-order valence-electron chi connectivity index (χ4n) is 2.01. The molecule has 8 heteroatoms. The molecule has 2 heterocycles. The lowest BCUT2D eigenvalue weighted by molar-refractivity contribution is 0.359. The summed E-state index contributed by atoms with van der Waals surface area (Å²) in [7, 11) is -3.42. The summed E-state index contributed by atoms with van der Waals surface area (Å²) in [6.45, 7) is 7.38. The molecule has 0 unspecified atom stereocenters. The lowest BCUT2D eigenvalue weighted by Gasteiger charge is -2.25. The van der Waals surface area contributed by atoms with Gasteiger partial charge in [0.15, 0.2) is 5.03 Å². The van der Waals surface area contributed by atoms with E-state index in [1.165, 1.54) is 4.31 Å². The van der Waals surface area contributed by atoms with Crippen molar-refractivity contribution in [1.29, 1.82) is 0 Å². The van der Waals surface area contributed by atoms with Gasteiger partial charge in [0.25, 0.3) is 10.0 Å². The van der Waals surface area contributed by atoms with Crippen LogP contribution in [0, 0.1) is 5.92 Å². The Balaban J connectivity index is 0.00000180. The molecule has 0 aromatic carbocycles. The Morgan fingerprint density at radius 1 is 1.37 bits per heavy atom. The van der Waals surface area contributed by atoms with Gasteiger partial charge in [0.05, 0.1) is 6.33 Å². The third-order valence-electron chi connectivity index (χ3n) is 2.87. The molecule has 1 aromatic rings. The van der Waals surface area contributed by atoms with Crippen molar-refractivity contribution in [2.24, 2.45) is 5.92 Å². The summed E-state index contributed by atoms with van der Waals surface area (Å²) in [4.78, 5) is 4.03. The average molecular weight is 309 g/mol. The van der Waals surface area contributed by atoms with E-state index in [-0.39, 0.29) is 17.4 Å². The number of nitrogens with one attached hydrogen (secondary N) is 1. The highest BCUT2D eigenvalue weighted by molar-refractivity contribution is 7.89. The summed E-state index contributed by atoms with van der Waals surface area (Å²) in [5.74, 6) is 0.467. The van der Waals surface area contributed by atoms with Crippen LogP contribution >= 0.6 is 12.4 Å². The van der Waals surface area contributed by atoms with Crippen molar-refractivity contribution in [1.82, 2.24) is 19.2 Å². The number of nitrogens with zero attached hydrogens (tertiary/aromatic N) is 3. The van der Waals surface area contributed by atoms with Gasteiger partial charge in [0.2, 0.25) is 0 Å². The molecule has 0 radical (unpaired) electrons. The minimum atomic E-state index is -3.42. The predicted molar refractivity (Wildman–Crippen MR) is 75.9 cm³/mol. The van der Waals surface area contributed by atoms with Crippen LogP contribution in [-0.4, -0.2) is 48.5 Å². The molecule has 110 valence electrons. The minimum absolute atomic E-state index is 0. The topological polar surface area (TPSA) is 67.2 Å². The van der Waals surface area contributed by atoms with Crippen molar-refractivity contribution < 1.29 is 8.42 Å². The lowest BCUT2D eigenvalue weighted by atomic mass is 10.2. The molecule has 0 bridgehead atoms. The van der Waals surface area contributed by atoms with E-state index in [0.717, 1.165) is 6.54 Å². The second-order valence-electron chi connectivity index (χ2n) is 4.96. The summed E-state index contributed by atoms with van der Waals surface area (Å²) in [5, 5.41) is 3.30. The SMILES string of the molecule is CC(C)Cn1cnc(S(=O)(=O)N2CCNCC2)c1.Cl. The Bertz CT molecular complexity index is 495. The van der Waals surface area contributed by atoms with Crippen LogP contribution in [0.1, 0.15) is 13.8 Å². The number of rotatable bonds is 4. The number of sulfonamides is 1. The Hall–Kier alpha value is -0.630. The third-order valence-corrected chi connectivity index (χ3v) is 4.65. The predicted octanol–water partition coefficient (Wildman–Crippen LogP) is 0.555. The molecule has 6 nitrogen and oxygen atoms in total. The van der Waals surface area contributed by atoms with Gasteiger partial charge in [-0.3, -0.25) is 0 Å². The van der Waals surface area contributed by atoms with Gasteiger partial charge in [-0.2, -0.15) is 4.31 Å². The quantitative estimate of drug-likeness (QED) is 0.882. The van der Waals surface area contributed by atoms with Crippen LogP contribution in [0.25, 0.3) is 0 Å². The van der Waals surface area contributed by atoms with Crippen molar-refractivity contribution in [2.45, 2.75) is 25.4 Å². The van der Waals surface area contributed by atoms with Gasteiger partial charge in [0, 0.05) is 38.9 Å². The number of piperazine rings is 1. The van der Waals surface area contributed by atoms with Gasteiger partial charge in [-0.05, 0) is 5.92 Å². The average Bonchev–Trinajstić information content (AvgIpc) is 2.78. The zero-order chi connectivity index (χ0) is 13.2. The third kappa shape index (κ3) is 3.92.